The molecule has 0 unspecified atom stereocenters. The van der Waals surface area contributed by atoms with Gasteiger partial charge in [0.1, 0.15) is 11.6 Å². The lowest BCUT2D eigenvalue weighted by Crippen LogP contribution is -2.50. The van der Waals surface area contributed by atoms with E-state index in [4.69, 9.17) is 5.73 Å². The quantitative estimate of drug-likeness (QED) is 0.900. The summed E-state index contributed by atoms with van der Waals surface area (Å²) in [5.74, 6) is -1.46. The molecular weight excluding hydrogens is 236 g/mol. The van der Waals surface area contributed by atoms with Gasteiger partial charge >= 0.3 is 0 Å². The summed E-state index contributed by atoms with van der Waals surface area (Å²) < 4.78 is 26.2. The molecule has 1 aliphatic rings. The van der Waals surface area contributed by atoms with Gasteiger partial charge in [0.2, 0.25) is 0 Å². The maximum Gasteiger partial charge on any atom is 0.157 e. The van der Waals surface area contributed by atoms with E-state index in [9.17, 15) is 13.6 Å². The second kappa shape index (κ2) is 5.14. The molecule has 0 aromatic heterocycles. The molecular formula is C14H17F2NO. The van der Waals surface area contributed by atoms with Crippen LogP contribution in [0, 0.1) is 11.6 Å². The lowest BCUT2D eigenvalue weighted by atomic mass is 9.78. The van der Waals surface area contributed by atoms with Gasteiger partial charge in [0.25, 0.3) is 0 Å². The number of hydrogen-bond acceptors (Lipinski definition) is 2. The third kappa shape index (κ3) is 2.75. The highest BCUT2D eigenvalue weighted by Gasteiger charge is 2.34. The van der Waals surface area contributed by atoms with Crippen LogP contribution in [-0.2, 0) is 11.2 Å². The van der Waals surface area contributed by atoms with E-state index in [0.717, 1.165) is 31.4 Å². The van der Waals surface area contributed by atoms with Crippen LogP contribution < -0.4 is 5.73 Å². The molecule has 1 aromatic carbocycles. The van der Waals surface area contributed by atoms with Crippen molar-refractivity contribution in [3.63, 3.8) is 0 Å². The molecule has 98 valence electrons. The Morgan fingerprint density at radius 2 is 1.89 bits per heavy atom. The number of nitrogens with two attached hydrogens (primary N) is 1. The summed E-state index contributed by atoms with van der Waals surface area (Å²) in [7, 11) is 0. The van der Waals surface area contributed by atoms with E-state index in [1.807, 2.05) is 0 Å². The highest BCUT2D eigenvalue weighted by Crippen LogP contribution is 2.28. The standard InChI is InChI=1S/C14H17F2NO/c15-11-5-4-10(12(16)9-11)8-13(18)14(17)6-2-1-3-7-14/h4-5,9H,1-3,6-8,17H2. The number of carbonyl (C=O) groups is 1. The van der Waals surface area contributed by atoms with Crippen molar-refractivity contribution in [1.82, 2.24) is 0 Å². The van der Waals surface area contributed by atoms with E-state index in [2.05, 4.69) is 0 Å². The van der Waals surface area contributed by atoms with Gasteiger partial charge in [-0.1, -0.05) is 25.3 Å². The normalized spacial score (nSPS) is 18.6. The summed E-state index contributed by atoms with van der Waals surface area (Å²) in [5, 5.41) is 0. The number of benzene rings is 1. The summed E-state index contributed by atoms with van der Waals surface area (Å²) in [6, 6.07) is 3.27. The van der Waals surface area contributed by atoms with Gasteiger partial charge < -0.3 is 5.73 Å². The molecule has 2 rings (SSSR count). The molecule has 0 bridgehead atoms. The lowest BCUT2D eigenvalue weighted by Gasteiger charge is -2.31. The van der Waals surface area contributed by atoms with Crippen LogP contribution in [0.5, 0.6) is 0 Å². The van der Waals surface area contributed by atoms with Crippen molar-refractivity contribution in [1.29, 1.82) is 0 Å². The van der Waals surface area contributed by atoms with Crippen molar-refractivity contribution in [2.75, 3.05) is 0 Å². The fourth-order valence-electron chi connectivity index (χ4n) is 2.48. The Morgan fingerprint density at radius 3 is 2.50 bits per heavy atom. The summed E-state index contributed by atoms with van der Waals surface area (Å²) >= 11 is 0. The van der Waals surface area contributed by atoms with Crippen LogP contribution in [0.1, 0.15) is 37.7 Å². The molecule has 0 spiro atoms. The van der Waals surface area contributed by atoms with Crippen molar-refractivity contribution >= 4 is 5.78 Å². The number of halogens is 2. The van der Waals surface area contributed by atoms with Crippen molar-refractivity contribution < 1.29 is 13.6 Å². The summed E-state index contributed by atoms with van der Waals surface area (Å²) in [4.78, 5) is 12.1. The zero-order valence-electron chi connectivity index (χ0n) is 10.2. The molecule has 4 heteroatoms. The average Bonchev–Trinajstić information content (AvgIpc) is 2.33. The van der Waals surface area contributed by atoms with Crippen molar-refractivity contribution in [3.05, 3.63) is 35.4 Å². The molecule has 0 heterocycles. The Bertz CT molecular complexity index is 453. The number of Topliss-reactive ketones (excluding diaryl/α,β-unsaturated/α-hetero) is 1. The Morgan fingerprint density at radius 1 is 1.22 bits per heavy atom. The molecule has 0 radical (unpaired) electrons. The fraction of sp³-hybridized carbons (Fsp3) is 0.500. The monoisotopic (exact) mass is 253 g/mol. The zero-order valence-corrected chi connectivity index (χ0v) is 10.2. The van der Waals surface area contributed by atoms with Gasteiger partial charge in [0.15, 0.2) is 5.78 Å². The summed E-state index contributed by atoms with van der Waals surface area (Å²) in [6.45, 7) is 0. The fourth-order valence-corrected chi connectivity index (χ4v) is 2.48. The molecule has 2 nitrogen and oxygen atoms in total. The van der Waals surface area contributed by atoms with Crippen LogP contribution in [0.25, 0.3) is 0 Å². The zero-order chi connectivity index (χ0) is 13.2. The van der Waals surface area contributed by atoms with E-state index in [-0.39, 0.29) is 17.8 Å². The molecule has 0 aliphatic heterocycles. The minimum Gasteiger partial charge on any atom is -0.319 e. The van der Waals surface area contributed by atoms with Crippen LogP contribution >= 0.6 is 0 Å². The number of ketones is 1. The first kappa shape index (κ1) is 13.1. The van der Waals surface area contributed by atoms with Crippen molar-refractivity contribution in [3.8, 4) is 0 Å². The lowest BCUT2D eigenvalue weighted by molar-refractivity contribution is -0.124. The minimum atomic E-state index is -0.820. The molecule has 0 amide bonds. The Balaban J connectivity index is 2.11. The number of rotatable bonds is 3. The SMILES string of the molecule is NC1(C(=O)Cc2ccc(F)cc2F)CCCCC1. The first-order valence-electron chi connectivity index (χ1n) is 6.27. The van der Waals surface area contributed by atoms with Crippen LogP contribution in [0.15, 0.2) is 18.2 Å². The van der Waals surface area contributed by atoms with Gasteiger partial charge in [-0.3, -0.25) is 4.79 Å². The smallest absolute Gasteiger partial charge is 0.157 e. The molecule has 18 heavy (non-hydrogen) atoms. The van der Waals surface area contributed by atoms with Crippen LogP contribution in [0.4, 0.5) is 8.78 Å². The minimum absolute atomic E-state index is 0.0530. The highest BCUT2D eigenvalue weighted by atomic mass is 19.1. The highest BCUT2D eigenvalue weighted by molar-refractivity contribution is 5.90. The molecule has 1 aliphatic carbocycles. The Hall–Kier alpha value is -1.29. The van der Waals surface area contributed by atoms with Crippen molar-refractivity contribution in [2.45, 2.75) is 44.1 Å². The van der Waals surface area contributed by atoms with Gasteiger partial charge in [0.05, 0.1) is 5.54 Å². The van der Waals surface area contributed by atoms with Gasteiger partial charge in [-0.2, -0.15) is 0 Å². The van der Waals surface area contributed by atoms with E-state index in [1.54, 1.807) is 0 Å². The van der Waals surface area contributed by atoms with Crippen LogP contribution in [0.3, 0.4) is 0 Å². The van der Waals surface area contributed by atoms with E-state index in [1.165, 1.54) is 6.07 Å². The second-order valence-corrected chi connectivity index (χ2v) is 5.05. The van der Waals surface area contributed by atoms with Gasteiger partial charge in [-0.25, -0.2) is 8.78 Å². The third-order valence-corrected chi connectivity index (χ3v) is 3.67. The number of hydrogen-bond donors (Lipinski definition) is 1. The second-order valence-electron chi connectivity index (χ2n) is 5.05. The number of carbonyl (C=O) groups excluding carboxylic acids is 1. The first-order chi connectivity index (χ1) is 8.51. The van der Waals surface area contributed by atoms with Gasteiger partial charge in [0, 0.05) is 12.5 Å². The van der Waals surface area contributed by atoms with Crippen LogP contribution in [0.2, 0.25) is 0 Å². The molecule has 1 saturated carbocycles. The van der Waals surface area contributed by atoms with E-state index >= 15 is 0 Å². The summed E-state index contributed by atoms with van der Waals surface area (Å²) in [6.07, 6.45) is 4.24. The van der Waals surface area contributed by atoms with E-state index in [0.29, 0.717) is 12.8 Å². The predicted molar refractivity (Wildman–Crippen MR) is 65.1 cm³/mol. The van der Waals surface area contributed by atoms with Gasteiger partial charge in [-0.15, -0.1) is 0 Å². The molecule has 0 atom stereocenters. The molecule has 0 saturated heterocycles. The topological polar surface area (TPSA) is 43.1 Å². The predicted octanol–water partition coefficient (Wildman–Crippen LogP) is 2.74. The third-order valence-electron chi connectivity index (χ3n) is 3.67. The van der Waals surface area contributed by atoms with E-state index < -0.39 is 17.2 Å². The molecule has 2 N–H and O–H groups in total. The van der Waals surface area contributed by atoms with Gasteiger partial charge in [-0.05, 0) is 24.5 Å². The maximum absolute atomic E-state index is 13.5. The van der Waals surface area contributed by atoms with Crippen molar-refractivity contribution in [2.24, 2.45) is 5.73 Å². The molecule has 1 aromatic rings. The summed E-state index contributed by atoms with van der Waals surface area (Å²) in [5.41, 5.74) is 5.48. The Kier molecular flexibility index (Phi) is 3.76. The maximum atomic E-state index is 13.5. The first-order valence-corrected chi connectivity index (χ1v) is 6.27. The Labute approximate surface area is 105 Å². The average molecular weight is 253 g/mol. The largest absolute Gasteiger partial charge is 0.319 e. The molecule has 1 fully saturated rings. The van der Waals surface area contributed by atoms with Crippen LogP contribution in [-0.4, -0.2) is 11.3 Å².